The van der Waals surface area contributed by atoms with E-state index in [1.807, 2.05) is 0 Å². The van der Waals surface area contributed by atoms with Crippen LogP contribution in [-0.2, 0) is 9.59 Å². The van der Waals surface area contributed by atoms with E-state index in [2.05, 4.69) is 15.7 Å². The Kier molecular flexibility index (Phi) is 4.79. The first-order valence-corrected chi connectivity index (χ1v) is 9.12. The lowest BCUT2D eigenvalue weighted by Gasteiger charge is -2.24. The molecule has 0 radical (unpaired) electrons. The summed E-state index contributed by atoms with van der Waals surface area (Å²) in [5.74, 6) is -1.40. The van der Waals surface area contributed by atoms with Crippen molar-refractivity contribution in [1.29, 1.82) is 0 Å². The zero-order valence-corrected chi connectivity index (χ0v) is 15.9. The number of fused-ring (bicyclic) bond motifs is 1. The second kappa shape index (κ2) is 7.29. The lowest BCUT2D eigenvalue weighted by molar-refractivity contribution is -0.125. The van der Waals surface area contributed by atoms with E-state index in [-0.39, 0.29) is 23.2 Å². The normalized spacial score (nSPS) is 15.6. The quantitative estimate of drug-likeness (QED) is 0.668. The molecule has 4 rings (SSSR count). The predicted molar refractivity (Wildman–Crippen MR) is 105 cm³/mol. The second-order valence-corrected chi connectivity index (χ2v) is 7.07. The zero-order chi connectivity index (χ0) is 20.7. The molecule has 1 aliphatic rings. The first-order valence-electron chi connectivity index (χ1n) is 8.74. The monoisotopic (exact) mass is 416 g/mol. The Hall–Kier alpha value is -3.26. The third kappa shape index (κ3) is 3.58. The molecule has 0 unspecified atom stereocenters. The van der Waals surface area contributed by atoms with Crippen LogP contribution in [0, 0.1) is 18.6 Å². The molecule has 6 nitrogen and oxygen atoms in total. The van der Waals surface area contributed by atoms with Gasteiger partial charge in [0, 0.05) is 16.8 Å². The number of halogens is 3. The standard InChI is InChI=1S/C20H15ClF2N4O2/c1-10-18(11-2-4-12(22)5-3-11)26-27-16(9-17(28)25-19(10)27)20(29)24-13-6-7-15(23)14(21)8-13/h2-8,16H,9H2,1H3,(H,24,29)(H,25,28)/t16-/m1/s1. The van der Waals surface area contributed by atoms with Crippen LogP contribution in [0.25, 0.3) is 11.3 Å². The molecule has 3 aromatic rings. The highest BCUT2D eigenvalue weighted by atomic mass is 35.5. The van der Waals surface area contributed by atoms with Crippen molar-refractivity contribution >= 4 is 34.9 Å². The number of carbonyl (C=O) groups is 2. The Labute approximate surface area is 169 Å². The van der Waals surface area contributed by atoms with Gasteiger partial charge in [0.05, 0.1) is 17.1 Å². The van der Waals surface area contributed by atoms with Gasteiger partial charge in [-0.3, -0.25) is 9.59 Å². The summed E-state index contributed by atoms with van der Waals surface area (Å²) in [6.07, 6.45) is -0.113. The summed E-state index contributed by atoms with van der Waals surface area (Å²) in [7, 11) is 0. The molecule has 2 amide bonds. The predicted octanol–water partition coefficient (Wildman–Crippen LogP) is 4.31. The number of rotatable bonds is 3. The number of hydrogen-bond acceptors (Lipinski definition) is 3. The Morgan fingerprint density at radius 3 is 2.66 bits per heavy atom. The van der Waals surface area contributed by atoms with E-state index >= 15 is 0 Å². The van der Waals surface area contributed by atoms with Gasteiger partial charge in [-0.15, -0.1) is 0 Å². The molecule has 0 aliphatic carbocycles. The Bertz CT molecular complexity index is 1130. The van der Waals surface area contributed by atoms with Crippen molar-refractivity contribution in [3.8, 4) is 11.3 Å². The van der Waals surface area contributed by atoms with Crippen LogP contribution >= 0.6 is 11.6 Å². The molecule has 0 spiro atoms. The van der Waals surface area contributed by atoms with Gasteiger partial charge < -0.3 is 10.6 Å². The van der Waals surface area contributed by atoms with Crippen LogP contribution in [0.15, 0.2) is 42.5 Å². The Morgan fingerprint density at radius 2 is 1.97 bits per heavy atom. The molecule has 9 heteroatoms. The molecule has 0 saturated heterocycles. The fourth-order valence-electron chi connectivity index (χ4n) is 3.22. The van der Waals surface area contributed by atoms with Crippen LogP contribution in [0.3, 0.4) is 0 Å². The number of carbonyl (C=O) groups excluding carboxylic acids is 2. The SMILES string of the molecule is Cc1c(-c2ccc(F)cc2)nn2c1NC(=O)C[C@@H]2C(=O)Nc1ccc(F)c(Cl)c1. The highest BCUT2D eigenvalue weighted by Crippen LogP contribution is 2.34. The summed E-state index contributed by atoms with van der Waals surface area (Å²) < 4.78 is 28.0. The van der Waals surface area contributed by atoms with Gasteiger partial charge in [-0.05, 0) is 49.4 Å². The summed E-state index contributed by atoms with van der Waals surface area (Å²) in [5.41, 5.74) is 2.15. The van der Waals surface area contributed by atoms with Gasteiger partial charge in [0.15, 0.2) is 0 Å². The molecule has 2 aromatic carbocycles. The Balaban J connectivity index is 1.69. The first-order chi connectivity index (χ1) is 13.8. The van der Waals surface area contributed by atoms with Gasteiger partial charge in [-0.25, -0.2) is 13.5 Å². The van der Waals surface area contributed by atoms with Crippen molar-refractivity contribution in [1.82, 2.24) is 9.78 Å². The molecule has 0 bridgehead atoms. The van der Waals surface area contributed by atoms with E-state index in [0.717, 1.165) is 6.07 Å². The van der Waals surface area contributed by atoms with Crippen LogP contribution < -0.4 is 10.6 Å². The van der Waals surface area contributed by atoms with Crippen molar-refractivity contribution in [3.05, 3.63) is 64.7 Å². The van der Waals surface area contributed by atoms with E-state index < -0.39 is 17.8 Å². The van der Waals surface area contributed by atoms with Crippen molar-refractivity contribution in [2.24, 2.45) is 0 Å². The maximum Gasteiger partial charge on any atom is 0.249 e. The number of aromatic nitrogens is 2. The van der Waals surface area contributed by atoms with Crippen LogP contribution in [0.4, 0.5) is 20.3 Å². The summed E-state index contributed by atoms with van der Waals surface area (Å²) in [6, 6.07) is 8.68. The lowest BCUT2D eigenvalue weighted by Crippen LogP contribution is -2.35. The fourth-order valence-corrected chi connectivity index (χ4v) is 3.40. The minimum Gasteiger partial charge on any atom is -0.324 e. The molecular formula is C20H15ClF2N4O2. The maximum atomic E-state index is 13.3. The average Bonchev–Trinajstić information content (AvgIpc) is 3.01. The van der Waals surface area contributed by atoms with Crippen LogP contribution in [0.1, 0.15) is 18.0 Å². The summed E-state index contributed by atoms with van der Waals surface area (Å²) in [5, 5.41) is 9.73. The number of anilines is 2. The van der Waals surface area contributed by atoms with E-state index in [0.29, 0.717) is 28.3 Å². The van der Waals surface area contributed by atoms with E-state index in [1.165, 1.54) is 28.9 Å². The first kappa shape index (κ1) is 19.1. The highest BCUT2D eigenvalue weighted by Gasteiger charge is 2.34. The number of benzene rings is 2. The van der Waals surface area contributed by atoms with Crippen LogP contribution in [0.2, 0.25) is 5.02 Å². The highest BCUT2D eigenvalue weighted by molar-refractivity contribution is 6.31. The summed E-state index contributed by atoms with van der Waals surface area (Å²) >= 11 is 5.76. The molecule has 1 atom stereocenters. The van der Waals surface area contributed by atoms with Gasteiger partial charge in [0.25, 0.3) is 0 Å². The third-order valence-corrected chi connectivity index (χ3v) is 4.98. The molecule has 2 heterocycles. The Morgan fingerprint density at radius 1 is 1.24 bits per heavy atom. The zero-order valence-electron chi connectivity index (χ0n) is 15.2. The smallest absolute Gasteiger partial charge is 0.249 e. The molecule has 1 aromatic heterocycles. The van der Waals surface area contributed by atoms with Crippen molar-refractivity contribution in [2.75, 3.05) is 10.6 Å². The summed E-state index contributed by atoms with van der Waals surface area (Å²) in [4.78, 5) is 25.0. The molecule has 2 N–H and O–H groups in total. The number of nitrogens with zero attached hydrogens (tertiary/aromatic N) is 2. The van der Waals surface area contributed by atoms with Crippen molar-refractivity contribution < 1.29 is 18.4 Å². The van der Waals surface area contributed by atoms with E-state index in [9.17, 15) is 18.4 Å². The average molecular weight is 417 g/mol. The van der Waals surface area contributed by atoms with E-state index in [4.69, 9.17) is 11.6 Å². The van der Waals surface area contributed by atoms with Gasteiger partial charge in [-0.2, -0.15) is 5.10 Å². The molecule has 0 fully saturated rings. The van der Waals surface area contributed by atoms with Crippen LogP contribution in [0.5, 0.6) is 0 Å². The summed E-state index contributed by atoms with van der Waals surface area (Å²) in [6.45, 7) is 1.76. The number of hydrogen-bond donors (Lipinski definition) is 2. The topological polar surface area (TPSA) is 76.0 Å². The van der Waals surface area contributed by atoms with Crippen molar-refractivity contribution in [3.63, 3.8) is 0 Å². The van der Waals surface area contributed by atoms with Gasteiger partial charge in [0.2, 0.25) is 11.8 Å². The van der Waals surface area contributed by atoms with Gasteiger partial charge >= 0.3 is 0 Å². The second-order valence-electron chi connectivity index (χ2n) is 6.66. The third-order valence-electron chi connectivity index (χ3n) is 4.69. The van der Waals surface area contributed by atoms with Gasteiger partial charge in [0.1, 0.15) is 23.5 Å². The minimum atomic E-state index is -0.907. The molecule has 148 valence electrons. The minimum absolute atomic E-state index is 0.113. The number of nitrogens with one attached hydrogen (secondary N) is 2. The molecular weight excluding hydrogens is 402 g/mol. The van der Waals surface area contributed by atoms with E-state index in [1.54, 1.807) is 19.1 Å². The van der Waals surface area contributed by atoms with Gasteiger partial charge in [-0.1, -0.05) is 11.6 Å². The molecule has 0 saturated carbocycles. The molecule has 29 heavy (non-hydrogen) atoms. The molecule has 1 aliphatic heterocycles. The lowest BCUT2D eigenvalue weighted by atomic mass is 10.1. The largest absolute Gasteiger partial charge is 0.324 e. The van der Waals surface area contributed by atoms with Crippen molar-refractivity contribution in [2.45, 2.75) is 19.4 Å². The number of amides is 2. The van der Waals surface area contributed by atoms with Crippen LogP contribution in [-0.4, -0.2) is 21.6 Å². The fraction of sp³-hybridized carbons (Fsp3) is 0.150. The maximum absolute atomic E-state index is 13.3.